The van der Waals surface area contributed by atoms with Gasteiger partial charge in [-0.2, -0.15) is 11.8 Å². The summed E-state index contributed by atoms with van der Waals surface area (Å²) in [4.78, 5) is 11.2. The molecule has 1 aromatic rings. The Morgan fingerprint density at radius 1 is 1.41 bits per heavy atom. The van der Waals surface area contributed by atoms with Gasteiger partial charge < -0.3 is 5.11 Å². The lowest BCUT2D eigenvalue weighted by molar-refractivity contribution is 0.101. The van der Waals surface area contributed by atoms with Crippen molar-refractivity contribution in [3.05, 3.63) is 29.1 Å². The summed E-state index contributed by atoms with van der Waals surface area (Å²) in [6.45, 7) is 7.44. The van der Waals surface area contributed by atoms with Crippen molar-refractivity contribution in [1.82, 2.24) is 0 Å². The monoisotopic (exact) mass is 256 g/mol. The van der Waals surface area contributed by atoms with Crippen molar-refractivity contribution >= 4 is 17.5 Å². The third kappa shape index (κ3) is 4.04. The second-order valence-corrected chi connectivity index (χ2v) is 6.72. The molecule has 0 spiro atoms. The van der Waals surface area contributed by atoms with Gasteiger partial charge in [-0.15, -0.1) is 0 Å². The Morgan fingerprint density at radius 2 is 2.00 bits per heavy atom. The van der Waals surface area contributed by atoms with E-state index in [1.165, 1.54) is 13.0 Å². The van der Waals surface area contributed by atoms with E-state index >= 15 is 0 Å². The Kier molecular flexibility index (Phi) is 4.20. The number of Topliss-reactive ketones (excluding diaryl/α,β-unsaturated/α-hetero) is 1. The normalized spacial score (nSPS) is 11.6. The molecule has 17 heavy (non-hydrogen) atoms. The van der Waals surface area contributed by atoms with Crippen LogP contribution < -0.4 is 0 Å². The highest BCUT2D eigenvalue weighted by molar-refractivity contribution is 7.99. The minimum Gasteiger partial charge on any atom is -0.507 e. The Morgan fingerprint density at radius 3 is 2.47 bits per heavy atom. The number of ketones is 1. The van der Waals surface area contributed by atoms with Crippen molar-refractivity contribution in [2.75, 3.05) is 0 Å². The second-order valence-electron chi connectivity index (χ2n) is 4.92. The van der Waals surface area contributed by atoms with Crippen molar-refractivity contribution in [3.63, 3.8) is 0 Å². The van der Waals surface area contributed by atoms with Crippen LogP contribution >= 0.6 is 11.8 Å². The number of carbonyl (C=O) groups excluding carboxylic acids is 1. The number of aromatic hydroxyl groups is 1. The molecule has 0 atom stereocenters. The number of phenolic OH excluding ortho intramolecular Hbond substituents is 1. The van der Waals surface area contributed by atoms with Crippen molar-refractivity contribution < 1.29 is 14.3 Å². The van der Waals surface area contributed by atoms with Crippen LogP contribution in [0, 0.1) is 5.82 Å². The lowest BCUT2D eigenvalue weighted by Gasteiger charge is -2.18. The third-order valence-electron chi connectivity index (χ3n) is 2.19. The van der Waals surface area contributed by atoms with E-state index < -0.39 is 5.82 Å². The van der Waals surface area contributed by atoms with Crippen LogP contribution in [0.25, 0.3) is 0 Å². The molecule has 0 radical (unpaired) electrons. The molecule has 0 aliphatic carbocycles. The fourth-order valence-corrected chi connectivity index (χ4v) is 2.14. The molecular weight excluding hydrogens is 239 g/mol. The lowest BCUT2D eigenvalue weighted by atomic mass is 10.1. The van der Waals surface area contributed by atoms with Gasteiger partial charge in [-0.1, -0.05) is 20.8 Å². The maximum absolute atomic E-state index is 13.3. The van der Waals surface area contributed by atoms with Crippen LogP contribution in [0.4, 0.5) is 4.39 Å². The number of carbonyl (C=O) groups is 1. The molecule has 0 aromatic heterocycles. The summed E-state index contributed by atoms with van der Waals surface area (Å²) in [7, 11) is 0. The zero-order chi connectivity index (χ0) is 13.2. The zero-order valence-electron chi connectivity index (χ0n) is 10.5. The van der Waals surface area contributed by atoms with Gasteiger partial charge in [-0.25, -0.2) is 4.39 Å². The van der Waals surface area contributed by atoms with Crippen molar-refractivity contribution in [1.29, 1.82) is 0 Å². The fraction of sp³-hybridized carbons (Fsp3) is 0.462. The van der Waals surface area contributed by atoms with E-state index in [1.807, 2.05) is 20.8 Å². The first kappa shape index (κ1) is 14.0. The van der Waals surface area contributed by atoms with Gasteiger partial charge in [0.05, 0.1) is 5.56 Å². The van der Waals surface area contributed by atoms with E-state index in [0.717, 1.165) is 6.07 Å². The van der Waals surface area contributed by atoms with Crippen molar-refractivity contribution in [2.45, 2.75) is 38.2 Å². The molecule has 0 unspecified atom stereocenters. The maximum atomic E-state index is 13.3. The summed E-state index contributed by atoms with van der Waals surface area (Å²) in [6.07, 6.45) is 0. The molecule has 2 nitrogen and oxygen atoms in total. The van der Waals surface area contributed by atoms with E-state index in [4.69, 9.17) is 0 Å². The quantitative estimate of drug-likeness (QED) is 0.836. The van der Waals surface area contributed by atoms with Crippen molar-refractivity contribution in [3.8, 4) is 5.75 Å². The molecule has 94 valence electrons. The third-order valence-corrected chi connectivity index (χ3v) is 3.51. The minimum atomic E-state index is -0.488. The number of hydrogen-bond acceptors (Lipinski definition) is 3. The number of phenols is 1. The molecule has 4 heteroatoms. The topological polar surface area (TPSA) is 37.3 Å². The first-order valence-corrected chi connectivity index (χ1v) is 6.35. The summed E-state index contributed by atoms with van der Waals surface area (Å²) in [5.41, 5.74) is 0.518. The number of benzene rings is 1. The van der Waals surface area contributed by atoms with Gasteiger partial charge >= 0.3 is 0 Å². The Balaban J connectivity index is 3.04. The number of rotatable bonds is 3. The summed E-state index contributed by atoms with van der Waals surface area (Å²) >= 11 is 1.59. The zero-order valence-corrected chi connectivity index (χ0v) is 11.3. The van der Waals surface area contributed by atoms with Gasteiger partial charge in [-0.3, -0.25) is 4.79 Å². The van der Waals surface area contributed by atoms with E-state index in [2.05, 4.69) is 0 Å². The highest BCUT2D eigenvalue weighted by Gasteiger charge is 2.16. The van der Waals surface area contributed by atoms with Gasteiger partial charge in [0.2, 0.25) is 0 Å². The van der Waals surface area contributed by atoms with E-state index in [1.54, 1.807) is 11.8 Å². The Bertz CT molecular complexity index is 436. The molecule has 0 bridgehead atoms. The van der Waals surface area contributed by atoms with Crippen LogP contribution in [0.1, 0.15) is 43.6 Å². The number of hydrogen-bond donors (Lipinski definition) is 1. The molecule has 1 aromatic carbocycles. The SMILES string of the molecule is CC(=O)c1cc(F)cc(CSC(C)(C)C)c1O. The van der Waals surface area contributed by atoms with Crippen LogP contribution in [-0.2, 0) is 5.75 Å². The molecule has 0 saturated heterocycles. The Labute approximate surface area is 105 Å². The minimum absolute atomic E-state index is 0.0230. The molecule has 1 N–H and O–H groups in total. The molecule has 1 rings (SSSR count). The lowest BCUT2D eigenvalue weighted by Crippen LogP contribution is -2.08. The van der Waals surface area contributed by atoms with E-state index in [0.29, 0.717) is 11.3 Å². The first-order valence-electron chi connectivity index (χ1n) is 5.37. The summed E-state index contributed by atoms with van der Waals surface area (Å²) in [5, 5.41) is 9.88. The van der Waals surface area contributed by atoms with Gasteiger partial charge in [0, 0.05) is 16.1 Å². The van der Waals surface area contributed by atoms with Crippen LogP contribution in [0.15, 0.2) is 12.1 Å². The summed E-state index contributed by atoms with van der Waals surface area (Å²) < 4.78 is 13.3. The van der Waals surface area contributed by atoms with Crippen LogP contribution in [0.3, 0.4) is 0 Å². The first-order chi connectivity index (χ1) is 7.70. The summed E-state index contributed by atoms with van der Waals surface area (Å²) in [5.74, 6) is -0.440. The molecule has 0 heterocycles. The molecule has 0 amide bonds. The van der Waals surface area contributed by atoms with Crippen LogP contribution in [-0.4, -0.2) is 15.6 Å². The van der Waals surface area contributed by atoms with E-state index in [9.17, 15) is 14.3 Å². The number of thioether (sulfide) groups is 1. The maximum Gasteiger partial charge on any atom is 0.163 e. The van der Waals surface area contributed by atoms with Crippen LogP contribution in [0.2, 0.25) is 0 Å². The highest BCUT2D eigenvalue weighted by atomic mass is 32.2. The van der Waals surface area contributed by atoms with Crippen molar-refractivity contribution in [2.24, 2.45) is 0 Å². The molecule has 0 saturated carbocycles. The average Bonchev–Trinajstić information content (AvgIpc) is 2.17. The van der Waals surface area contributed by atoms with Gasteiger partial charge in [-0.05, 0) is 19.1 Å². The predicted octanol–water partition coefficient (Wildman–Crippen LogP) is 3.77. The van der Waals surface area contributed by atoms with Gasteiger partial charge in [0.1, 0.15) is 11.6 Å². The smallest absolute Gasteiger partial charge is 0.163 e. The largest absolute Gasteiger partial charge is 0.507 e. The predicted molar refractivity (Wildman–Crippen MR) is 69.1 cm³/mol. The van der Waals surface area contributed by atoms with Gasteiger partial charge in [0.25, 0.3) is 0 Å². The highest BCUT2D eigenvalue weighted by Crippen LogP contribution is 2.33. The van der Waals surface area contributed by atoms with Gasteiger partial charge in [0.15, 0.2) is 5.78 Å². The summed E-state index contributed by atoms with van der Waals surface area (Å²) in [6, 6.07) is 2.35. The molecule has 0 fully saturated rings. The standard InChI is InChI=1S/C13H17FO2S/c1-8(15)11-6-10(14)5-9(12(11)16)7-17-13(2,3)4/h5-6,16H,7H2,1-4H3. The number of halogens is 1. The fourth-order valence-electron chi connectivity index (χ4n) is 1.33. The molecule has 0 aliphatic heterocycles. The van der Waals surface area contributed by atoms with Crippen LogP contribution in [0.5, 0.6) is 5.75 Å². The average molecular weight is 256 g/mol. The molecule has 0 aliphatic rings. The Hall–Kier alpha value is -1.03. The second kappa shape index (κ2) is 5.08. The molecular formula is C13H17FO2S. The van der Waals surface area contributed by atoms with E-state index in [-0.39, 0.29) is 21.8 Å².